The van der Waals surface area contributed by atoms with Gasteiger partial charge in [-0.15, -0.1) is 10.2 Å². The van der Waals surface area contributed by atoms with Crippen LogP contribution in [0.2, 0.25) is 0 Å². The predicted octanol–water partition coefficient (Wildman–Crippen LogP) is -0.144. The van der Waals surface area contributed by atoms with Crippen LogP contribution in [0, 0.1) is 0 Å². The number of hydrogen-bond acceptors (Lipinski definition) is 6. The highest BCUT2D eigenvalue weighted by Crippen LogP contribution is 2.22. The Balaban J connectivity index is 1.38. The highest BCUT2D eigenvalue weighted by molar-refractivity contribution is 5.74. The molecule has 24 heavy (non-hydrogen) atoms. The number of aromatic nitrogens is 6. The number of nitrogens with zero attached hydrogens (tertiary/aromatic N) is 7. The van der Waals surface area contributed by atoms with Crippen molar-refractivity contribution in [2.24, 2.45) is 0 Å². The molecule has 2 aliphatic rings. The van der Waals surface area contributed by atoms with Crippen LogP contribution in [0.5, 0.6) is 0 Å². The topological polar surface area (TPSA) is 103 Å². The minimum Gasteiger partial charge on any atom is -0.377 e. The van der Waals surface area contributed by atoms with E-state index in [0.29, 0.717) is 19.8 Å². The maximum absolute atomic E-state index is 12.7. The summed E-state index contributed by atoms with van der Waals surface area (Å²) in [5, 5.41) is 18.8. The highest BCUT2D eigenvalue weighted by Gasteiger charge is 2.34. The average Bonchev–Trinajstić information content (AvgIpc) is 3.36. The van der Waals surface area contributed by atoms with E-state index < -0.39 is 0 Å². The predicted molar refractivity (Wildman–Crippen MR) is 82.1 cm³/mol. The fourth-order valence-electron chi connectivity index (χ4n) is 3.35. The first-order valence-electron chi connectivity index (χ1n) is 8.16. The fraction of sp³-hybridized carbons (Fsp3) is 0.643. The van der Waals surface area contributed by atoms with E-state index in [2.05, 4.69) is 25.9 Å². The highest BCUT2D eigenvalue weighted by atomic mass is 16.5. The lowest BCUT2D eigenvalue weighted by atomic mass is 10.1. The molecule has 0 aromatic carbocycles. The number of rotatable bonds is 3. The van der Waals surface area contributed by atoms with Gasteiger partial charge in [-0.2, -0.15) is 0 Å². The number of carbonyl (C=O) groups is 1. The van der Waals surface area contributed by atoms with Crippen molar-refractivity contribution in [3.63, 3.8) is 0 Å². The fourth-order valence-corrected chi connectivity index (χ4v) is 3.35. The summed E-state index contributed by atoms with van der Waals surface area (Å²) < 4.78 is 9.09. The summed E-state index contributed by atoms with van der Waals surface area (Å²) in [6.07, 6.45) is 8.88. The van der Waals surface area contributed by atoms with Gasteiger partial charge < -0.3 is 15.0 Å². The van der Waals surface area contributed by atoms with Crippen molar-refractivity contribution in [2.45, 2.75) is 31.0 Å². The molecule has 2 aliphatic heterocycles. The number of nitrogens with one attached hydrogen (secondary N) is 1. The minimum atomic E-state index is -0.106. The monoisotopic (exact) mass is 332 g/mol. The number of hydrogen-bond donors (Lipinski definition) is 1. The molecule has 2 saturated heterocycles. The van der Waals surface area contributed by atoms with Crippen molar-refractivity contribution in [3.8, 4) is 0 Å². The van der Waals surface area contributed by atoms with Gasteiger partial charge in [0, 0.05) is 25.5 Å². The van der Waals surface area contributed by atoms with Crippen molar-refractivity contribution in [1.29, 1.82) is 0 Å². The standard InChI is InChI=1S/C14H20N8O2/c23-14(17-12-9-24-10-13(12)22-7-4-16-19-22)20-5-1-2-11(8-20)21-6-3-15-18-21/h3-4,6-7,11-13H,1-2,5,8-10H2,(H,17,23)/t11?,12-,13+/m0/s1. The number of piperidine rings is 1. The number of amides is 2. The molecule has 2 aromatic heterocycles. The van der Waals surface area contributed by atoms with Gasteiger partial charge in [0.2, 0.25) is 0 Å². The van der Waals surface area contributed by atoms with E-state index in [1.54, 1.807) is 23.3 Å². The summed E-state index contributed by atoms with van der Waals surface area (Å²) in [6.45, 7) is 2.39. The second kappa shape index (κ2) is 6.56. The first-order valence-corrected chi connectivity index (χ1v) is 8.16. The molecule has 0 saturated carbocycles. The number of ether oxygens (including phenoxy) is 1. The molecule has 128 valence electrons. The Morgan fingerprint density at radius 1 is 1.12 bits per heavy atom. The zero-order chi connectivity index (χ0) is 16.4. The molecule has 0 aliphatic carbocycles. The lowest BCUT2D eigenvalue weighted by molar-refractivity contribution is 0.154. The third kappa shape index (κ3) is 2.96. The Morgan fingerprint density at radius 3 is 2.67 bits per heavy atom. The molecule has 2 amide bonds. The van der Waals surface area contributed by atoms with Crippen LogP contribution in [-0.2, 0) is 4.74 Å². The molecular weight excluding hydrogens is 312 g/mol. The molecule has 1 unspecified atom stereocenters. The molecule has 3 atom stereocenters. The van der Waals surface area contributed by atoms with Crippen LogP contribution in [-0.4, -0.2) is 73.3 Å². The quantitative estimate of drug-likeness (QED) is 0.839. The maximum Gasteiger partial charge on any atom is 0.317 e. The van der Waals surface area contributed by atoms with E-state index in [4.69, 9.17) is 4.74 Å². The normalized spacial score (nSPS) is 27.3. The smallest absolute Gasteiger partial charge is 0.317 e. The summed E-state index contributed by atoms with van der Waals surface area (Å²) in [7, 11) is 0. The molecule has 2 fully saturated rings. The molecule has 0 spiro atoms. The van der Waals surface area contributed by atoms with Gasteiger partial charge in [-0.05, 0) is 12.8 Å². The lowest BCUT2D eigenvalue weighted by Crippen LogP contribution is -2.51. The lowest BCUT2D eigenvalue weighted by Gasteiger charge is -2.33. The zero-order valence-corrected chi connectivity index (χ0v) is 13.2. The Morgan fingerprint density at radius 2 is 1.92 bits per heavy atom. The van der Waals surface area contributed by atoms with E-state index in [-0.39, 0.29) is 24.2 Å². The zero-order valence-electron chi connectivity index (χ0n) is 13.2. The van der Waals surface area contributed by atoms with Gasteiger partial charge in [0.25, 0.3) is 0 Å². The molecule has 1 N–H and O–H groups in total. The number of carbonyl (C=O) groups excluding carboxylic acids is 1. The molecule has 10 nitrogen and oxygen atoms in total. The molecule has 4 heterocycles. The molecule has 2 aromatic rings. The van der Waals surface area contributed by atoms with Crippen LogP contribution in [0.3, 0.4) is 0 Å². The van der Waals surface area contributed by atoms with Crippen molar-refractivity contribution in [3.05, 3.63) is 24.8 Å². The van der Waals surface area contributed by atoms with E-state index in [9.17, 15) is 4.79 Å². The van der Waals surface area contributed by atoms with Gasteiger partial charge in [0.15, 0.2) is 0 Å². The van der Waals surface area contributed by atoms with Crippen LogP contribution in [0.1, 0.15) is 24.9 Å². The molecular formula is C14H20N8O2. The van der Waals surface area contributed by atoms with Crippen LogP contribution in [0.25, 0.3) is 0 Å². The van der Waals surface area contributed by atoms with Crippen LogP contribution in [0.4, 0.5) is 4.79 Å². The SMILES string of the molecule is O=C(N[C@H]1COC[C@H]1n1ccnn1)N1CCCC(n2ccnn2)C1. The van der Waals surface area contributed by atoms with E-state index >= 15 is 0 Å². The van der Waals surface area contributed by atoms with Crippen LogP contribution < -0.4 is 5.32 Å². The van der Waals surface area contributed by atoms with Crippen molar-refractivity contribution in [2.75, 3.05) is 26.3 Å². The van der Waals surface area contributed by atoms with Gasteiger partial charge >= 0.3 is 6.03 Å². The third-order valence-electron chi connectivity index (χ3n) is 4.64. The summed E-state index contributed by atoms with van der Waals surface area (Å²) in [6, 6.07) is -0.0170. The molecule has 0 radical (unpaired) electrons. The Bertz CT molecular complexity index is 658. The van der Waals surface area contributed by atoms with Gasteiger partial charge in [-0.3, -0.25) is 0 Å². The van der Waals surface area contributed by atoms with Crippen molar-refractivity contribution < 1.29 is 9.53 Å². The average molecular weight is 332 g/mol. The van der Waals surface area contributed by atoms with Crippen LogP contribution >= 0.6 is 0 Å². The maximum atomic E-state index is 12.7. The molecule has 10 heteroatoms. The van der Waals surface area contributed by atoms with E-state index in [0.717, 1.165) is 19.4 Å². The summed E-state index contributed by atoms with van der Waals surface area (Å²) in [5.41, 5.74) is 0. The van der Waals surface area contributed by atoms with E-state index in [1.165, 1.54) is 0 Å². The Labute approximate surface area is 138 Å². The van der Waals surface area contributed by atoms with Gasteiger partial charge in [-0.25, -0.2) is 14.2 Å². The van der Waals surface area contributed by atoms with E-state index in [1.807, 2.05) is 15.8 Å². The minimum absolute atomic E-state index is 0.0210. The van der Waals surface area contributed by atoms with Gasteiger partial charge in [0.05, 0.1) is 43.7 Å². The van der Waals surface area contributed by atoms with Crippen molar-refractivity contribution >= 4 is 6.03 Å². The first kappa shape index (κ1) is 15.1. The molecule has 0 bridgehead atoms. The summed E-state index contributed by atoms with van der Waals surface area (Å²) in [5.74, 6) is 0. The van der Waals surface area contributed by atoms with Crippen LogP contribution in [0.15, 0.2) is 24.8 Å². The second-order valence-electron chi connectivity index (χ2n) is 6.17. The Hall–Kier alpha value is -2.49. The third-order valence-corrected chi connectivity index (χ3v) is 4.64. The summed E-state index contributed by atoms with van der Waals surface area (Å²) >= 11 is 0. The van der Waals surface area contributed by atoms with Gasteiger partial charge in [-0.1, -0.05) is 10.4 Å². The molecule has 4 rings (SSSR count). The van der Waals surface area contributed by atoms with Crippen molar-refractivity contribution in [1.82, 2.24) is 40.2 Å². The first-order chi connectivity index (χ1) is 11.8. The van der Waals surface area contributed by atoms with Gasteiger partial charge in [0.1, 0.15) is 0 Å². The summed E-state index contributed by atoms with van der Waals surface area (Å²) in [4.78, 5) is 14.5. The number of urea groups is 1. The largest absolute Gasteiger partial charge is 0.377 e. The second-order valence-corrected chi connectivity index (χ2v) is 6.17. The number of likely N-dealkylation sites (tertiary alicyclic amines) is 1. The Kier molecular flexibility index (Phi) is 4.11.